The predicted molar refractivity (Wildman–Crippen MR) is 88.7 cm³/mol. The van der Waals surface area contributed by atoms with Crippen LogP contribution < -0.4 is 4.74 Å². The van der Waals surface area contributed by atoms with E-state index in [-0.39, 0.29) is 22.2 Å². The highest BCUT2D eigenvalue weighted by Gasteiger charge is 2.31. The molecular weight excluding hydrogens is 367 g/mol. The van der Waals surface area contributed by atoms with Crippen molar-refractivity contribution in [2.45, 2.75) is 6.18 Å². The maximum Gasteiger partial charge on any atom is 0.417 e. The molecule has 0 bridgehead atoms. The zero-order valence-electron chi connectivity index (χ0n) is 13.0. The van der Waals surface area contributed by atoms with E-state index in [9.17, 15) is 18.4 Å². The maximum absolute atomic E-state index is 12.7. The number of hydrogen-bond acceptors (Lipinski definition) is 4. The van der Waals surface area contributed by atoms with Gasteiger partial charge in [0.1, 0.15) is 17.4 Å². The number of ether oxygens (including phenoxy) is 1. The van der Waals surface area contributed by atoms with Crippen molar-refractivity contribution in [3.63, 3.8) is 0 Å². The van der Waals surface area contributed by atoms with Crippen molar-refractivity contribution in [3.05, 3.63) is 71.0 Å². The molecule has 3 rings (SSSR count). The Morgan fingerprint density at radius 2 is 1.77 bits per heavy atom. The van der Waals surface area contributed by atoms with E-state index in [4.69, 9.17) is 16.3 Å². The Balaban J connectivity index is 1.96. The zero-order chi connectivity index (χ0) is 18.7. The van der Waals surface area contributed by atoms with Gasteiger partial charge in [-0.15, -0.1) is 0 Å². The van der Waals surface area contributed by atoms with Gasteiger partial charge >= 0.3 is 6.18 Å². The van der Waals surface area contributed by atoms with E-state index in [1.807, 2.05) is 12.1 Å². The van der Waals surface area contributed by atoms with E-state index >= 15 is 0 Å². The normalized spacial score (nSPS) is 11.0. The summed E-state index contributed by atoms with van der Waals surface area (Å²) in [7, 11) is 0. The minimum atomic E-state index is -4.54. The van der Waals surface area contributed by atoms with Gasteiger partial charge in [-0.1, -0.05) is 29.8 Å². The molecule has 0 aliphatic carbocycles. The van der Waals surface area contributed by atoms with Gasteiger partial charge in [-0.3, -0.25) is 4.98 Å². The molecule has 2 aromatic heterocycles. The molecule has 0 amide bonds. The van der Waals surface area contributed by atoms with Crippen LogP contribution in [0.2, 0.25) is 5.02 Å². The van der Waals surface area contributed by atoms with Gasteiger partial charge in [0.2, 0.25) is 5.88 Å². The Kier molecular flexibility index (Phi) is 4.78. The summed E-state index contributed by atoms with van der Waals surface area (Å²) in [5.41, 5.74) is -0.455. The second kappa shape index (κ2) is 7.02. The smallest absolute Gasteiger partial charge is 0.417 e. The second-order valence-corrected chi connectivity index (χ2v) is 5.56. The summed E-state index contributed by atoms with van der Waals surface area (Å²) >= 11 is 5.93. The molecule has 1 aromatic carbocycles. The molecular formula is C18H9ClF3N3O. The van der Waals surface area contributed by atoms with Crippen LogP contribution in [0.3, 0.4) is 0 Å². The number of halogens is 4. The Morgan fingerprint density at radius 3 is 2.38 bits per heavy atom. The number of rotatable bonds is 3. The second-order valence-electron chi connectivity index (χ2n) is 5.16. The third kappa shape index (κ3) is 3.76. The van der Waals surface area contributed by atoms with Gasteiger partial charge in [0.15, 0.2) is 0 Å². The average Bonchev–Trinajstić information content (AvgIpc) is 2.62. The number of alkyl halides is 3. The van der Waals surface area contributed by atoms with Gasteiger partial charge in [-0.25, -0.2) is 4.98 Å². The lowest BCUT2D eigenvalue weighted by Gasteiger charge is -2.10. The van der Waals surface area contributed by atoms with E-state index in [0.717, 1.165) is 6.07 Å². The van der Waals surface area contributed by atoms with Gasteiger partial charge in [-0.05, 0) is 24.3 Å². The lowest BCUT2D eigenvalue weighted by molar-refractivity contribution is -0.137. The fourth-order valence-corrected chi connectivity index (χ4v) is 2.42. The summed E-state index contributed by atoms with van der Waals surface area (Å²) in [5, 5.41) is 9.12. The van der Waals surface area contributed by atoms with E-state index in [2.05, 4.69) is 9.97 Å². The number of benzene rings is 1. The lowest BCUT2D eigenvalue weighted by atomic mass is 10.1. The van der Waals surface area contributed by atoms with Crippen molar-refractivity contribution in [3.8, 4) is 29.0 Å². The Bertz CT molecular complexity index is 985. The SMILES string of the molecule is N#Cc1cc(-c2ncc(C(F)(F)F)cc2Cl)cnc1Oc1ccccc1. The monoisotopic (exact) mass is 375 g/mol. The number of nitriles is 1. The molecule has 0 spiro atoms. The molecule has 0 unspecified atom stereocenters. The highest BCUT2D eigenvalue weighted by molar-refractivity contribution is 6.33. The molecule has 0 atom stereocenters. The minimum absolute atomic E-state index is 0.0745. The molecule has 130 valence electrons. The predicted octanol–water partition coefficient (Wildman–Crippen LogP) is 5.48. The first-order chi connectivity index (χ1) is 12.4. The van der Waals surface area contributed by atoms with Gasteiger partial charge in [0.25, 0.3) is 0 Å². The van der Waals surface area contributed by atoms with Crippen LogP contribution in [0.4, 0.5) is 13.2 Å². The third-order valence-electron chi connectivity index (χ3n) is 3.37. The molecule has 0 aliphatic rings. The molecule has 8 heteroatoms. The standard InChI is InChI=1S/C18H9ClF3N3O/c19-15-7-13(18(20,21)22)10-24-16(15)12-6-11(8-23)17(25-9-12)26-14-4-2-1-3-5-14/h1-7,9-10H. The van der Waals surface area contributed by atoms with Crippen LogP contribution in [0.25, 0.3) is 11.3 Å². The molecule has 0 N–H and O–H groups in total. The zero-order valence-corrected chi connectivity index (χ0v) is 13.7. The molecule has 0 aliphatic heterocycles. The van der Waals surface area contributed by atoms with Crippen molar-refractivity contribution < 1.29 is 17.9 Å². The first-order valence-corrected chi connectivity index (χ1v) is 7.62. The lowest BCUT2D eigenvalue weighted by Crippen LogP contribution is -2.06. The van der Waals surface area contributed by atoms with Gasteiger partial charge in [0.05, 0.1) is 16.3 Å². The first-order valence-electron chi connectivity index (χ1n) is 7.24. The Labute approximate surface area is 151 Å². The van der Waals surface area contributed by atoms with Crippen LogP contribution >= 0.6 is 11.6 Å². The molecule has 0 radical (unpaired) electrons. The molecule has 26 heavy (non-hydrogen) atoms. The number of nitrogens with zero attached hydrogens (tertiary/aromatic N) is 3. The van der Waals surface area contributed by atoms with E-state index < -0.39 is 11.7 Å². The molecule has 0 saturated heterocycles. The molecule has 2 heterocycles. The number of hydrogen-bond donors (Lipinski definition) is 0. The molecule has 0 fully saturated rings. The fourth-order valence-electron chi connectivity index (χ4n) is 2.15. The number of pyridine rings is 2. The average molecular weight is 376 g/mol. The Hall–Kier alpha value is -3.11. The van der Waals surface area contributed by atoms with Crippen molar-refractivity contribution in [1.29, 1.82) is 5.26 Å². The highest BCUT2D eigenvalue weighted by Crippen LogP contribution is 2.35. The summed E-state index contributed by atoms with van der Waals surface area (Å²) < 4.78 is 43.7. The summed E-state index contributed by atoms with van der Waals surface area (Å²) in [6.07, 6.45) is -2.53. The molecule has 4 nitrogen and oxygen atoms in total. The number of aromatic nitrogens is 2. The van der Waals surface area contributed by atoms with Crippen LogP contribution in [-0.2, 0) is 6.18 Å². The third-order valence-corrected chi connectivity index (χ3v) is 3.66. The van der Waals surface area contributed by atoms with Gasteiger partial charge in [-0.2, -0.15) is 18.4 Å². The van der Waals surface area contributed by atoms with Crippen LogP contribution in [0.5, 0.6) is 11.6 Å². The van der Waals surface area contributed by atoms with Crippen LogP contribution in [0.15, 0.2) is 54.9 Å². The van der Waals surface area contributed by atoms with Crippen molar-refractivity contribution >= 4 is 11.6 Å². The Morgan fingerprint density at radius 1 is 1.04 bits per heavy atom. The maximum atomic E-state index is 12.7. The van der Waals surface area contributed by atoms with Gasteiger partial charge in [0, 0.05) is 18.0 Å². The summed E-state index contributed by atoms with van der Waals surface area (Å²) in [4.78, 5) is 7.83. The largest absolute Gasteiger partial charge is 0.438 e. The van der Waals surface area contributed by atoms with E-state index in [1.54, 1.807) is 24.3 Å². The summed E-state index contributed by atoms with van der Waals surface area (Å²) in [5.74, 6) is 0.570. The van der Waals surface area contributed by atoms with Crippen LogP contribution in [0.1, 0.15) is 11.1 Å². The summed E-state index contributed by atoms with van der Waals surface area (Å²) in [6, 6.07) is 12.9. The minimum Gasteiger partial charge on any atom is -0.438 e. The molecule has 3 aromatic rings. The van der Waals surface area contributed by atoms with E-state index in [1.165, 1.54) is 12.3 Å². The van der Waals surface area contributed by atoms with Crippen molar-refractivity contribution in [2.24, 2.45) is 0 Å². The topological polar surface area (TPSA) is 58.8 Å². The van der Waals surface area contributed by atoms with Crippen molar-refractivity contribution in [1.82, 2.24) is 9.97 Å². The van der Waals surface area contributed by atoms with E-state index in [0.29, 0.717) is 17.5 Å². The quantitative estimate of drug-likeness (QED) is 0.608. The highest BCUT2D eigenvalue weighted by atomic mass is 35.5. The molecule has 0 saturated carbocycles. The number of para-hydroxylation sites is 1. The van der Waals surface area contributed by atoms with Crippen LogP contribution in [0, 0.1) is 11.3 Å². The summed E-state index contributed by atoms with van der Waals surface area (Å²) in [6.45, 7) is 0. The van der Waals surface area contributed by atoms with Crippen molar-refractivity contribution in [2.75, 3.05) is 0 Å². The van der Waals surface area contributed by atoms with Gasteiger partial charge < -0.3 is 4.74 Å². The first kappa shape index (κ1) is 17.7. The van der Waals surface area contributed by atoms with Crippen LogP contribution in [-0.4, -0.2) is 9.97 Å². The fraction of sp³-hybridized carbons (Fsp3) is 0.0556.